The zero-order valence-corrected chi connectivity index (χ0v) is 12.7. The Balaban J connectivity index is 4.07. The maximum Gasteiger partial charge on any atom is 0.307 e. The van der Waals surface area contributed by atoms with Crippen LogP contribution in [0.5, 0.6) is 0 Å². The van der Waals surface area contributed by atoms with Crippen LogP contribution in [0.25, 0.3) is 0 Å². The SMILES string of the molecule is CCCCCCCC(C)(CC(=O)OC)NCCC. The molecule has 0 aromatic carbocycles. The van der Waals surface area contributed by atoms with Gasteiger partial charge in [0.2, 0.25) is 0 Å². The lowest BCUT2D eigenvalue weighted by Gasteiger charge is -2.30. The van der Waals surface area contributed by atoms with Crippen molar-refractivity contribution in [2.45, 2.75) is 77.7 Å². The Morgan fingerprint density at radius 1 is 1.11 bits per heavy atom. The van der Waals surface area contributed by atoms with E-state index >= 15 is 0 Å². The number of unbranched alkanes of at least 4 members (excludes halogenated alkanes) is 4. The third kappa shape index (κ3) is 8.51. The molecule has 0 spiro atoms. The molecule has 0 aromatic rings. The molecule has 108 valence electrons. The summed E-state index contributed by atoms with van der Waals surface area (Å²) >= 11 is 0. The van der Waals surface area contributed by atoms with Gasteiger partial charge in [0.05, 0.1) is 13.5 Å². The number of ether oxygens (including phenoxy) is 1. The molecule has 1 N–H and O–H groups in total. The van der Waals surface area contributed by atoms with Crippen LogP contribution < -0.4 is 5.32 Å². The highest BCUT2D eigenvalue weighted by molar-refractivity contribution is 5.70. The summed E-state index contributed by atoms with van der Waals surface area (Å²) < 4.78 is 4.79. The number of carbonyl (C=O) groups excluding carboxylic acids is 1. The van der Waals surface area contributed by atoms with E-state index in [4.69, 9.17) is 4.74 Å². The minimum Gasteiger partial charge on any atom is -0.469 e. The van der Waals surface area contributed by atoms with Gasteiger partial charge in [-0.05, 0) is 26.3 Å². The molecule has 0 heterocycles. The van der Waals surface area contributed by atoms with E-state index in [1.807, 2.05) is 0 Å². The van der Waals surface area contributed by atoms with Crippen molar-refractivity contribution in [1.29, 1.82) is 0 Å². The molecule has 0 amide bonds. The largest absolute Gasteiger partial charge is 0.469 e. The van der Waals surface area contributed by atoms with E-state index in [2.05, 4.69) is 26.1 Å². The second-order valence-corrected chi connectivity index (χ2v) is 5.40. The molecule has 0 saturated heterocycles. The van der Waals surface area contributed by atoms with E-state index in [-0.39, 0.29) is 11.5 Å². The third-order valence-corrected chi connectivity index (χ3v) is 3.40. The lowest BCUT2D eigenvalue weighted by atomic mass is 9.90. The minimum atomic E-state index is -0.116. The highest BCUT2D eigenvalue weighted by Crippen LogP contribution is 2.20. The molecule has 0 aliphatic carbocycles. The van der Waals surface area contributed by atoms with Crippen LogP contribution in [-0.2, 0) is 9.53 Å². The molecule has 18 heavy (non-hydrogen) atoms. The highest BCUT2D eigenvalue weighted by atomic mass is 16.5. The van der Waals surface area contributed by atoms with Crippen molar-refractivity contribution in [1.82, 2.24) is 5.32 Å². The summed E-state index contributed by atoms with van der Waals surface area (Å²) in [5.74, 6) is -0.116. The van der Waals surface area contributed by atoms with Gasteiger partial charge in [0.15, 0.2) is 0 Å². The second kappa shape index (κ2) is 10.4. The number of esters is 1. The van der Waals surface area contributed by atoms with Crippen LogP contribution in [0, 0.1) is 0 Å². The van der Waals surface area contributed by atoms with E-state index in [0.29, 0.717) is 6.42 Å². The fourth-order valence-corrected chi connectivity index (χ4v) is 2.18. The standard InChI is InChI=1S/C15H31NO2/c1-5-7-8-9-10-11-15(3,16-12-6-2)13-14(17)18-4/h16H,5-13H2,1-4H3. The average molecular weight is 257 g/mol. The Labute approximate surface area is 113 Å². The smallest absolute Gasteiger partial charge is 0.307 e. The molecule has 0 rings (SSSR count). The van der Waals surface area contributed by atoms with Gasteiger partial charge >= 0.3 is 5.97 Å². The maximum absolute atomic E-state index is 11.5. The van der Waals surface area contributed by atoms with Gasteiger partial charge in [-0.1, -0.05) is 46.0 Å². The van der Waals surface area contributed by atoms with Gasteiger partial charge in [0.25, 0.3) is 0 Å². The van der Waals surface area contributed by atoms with E-state index in [0.717, 1.165) is 19.4 Å². The molecule has 0 aliphatic rings. The fraction of sp³-hybridized carbons (Fsp3) is 0.933. The monoisotopic (exact) mass is 257 g/mol. The molecular weight excluding hydrogens is 226 g/mol. The Hall–Kier alpha value is -0.570. The van der Waals surface area contributed by atoms with Gasteiger partial charge in [0, 0.05) is 5.54 Å². The van der Waals surface area contributed by atoms with Crippen LogP contribution in [0.15, 0.2) is 0 Å². The van der Waals surface area contributed by atoms with Crippen molar-refractivity contribution < 1.29 is 9.53 Å². The molecule has 0 aliphatic heterocycles. The summed E-state index contributed by atoms with van der Waals surface area (Å²) in [5, 5.41) is 3.50. The van der Waals surface area contributed by atoms with Gasteiger partial charge in [-0.2, -0.15) is 0 Å². The molecular formula is C15H31NO2. The number of rotatable bonds is 11. The van der Waals surface area contributed by atoms with Crippen LogP contribution in [-0.4, -0.2) is 25.2 Å². The molecule has 0 bridgehead atoms. The lowest BCUT2D eigenvalue weighted by molar-refractivity contribution is -0.142. The summed E-state index contributed by atoms with van der Waals surface area (Å²) in [5.41, 5.74) is -0.102. The van der Waals surface area contributed by atoms with E-state index in [1.165, 1.54) is 39.2 Å². The first kappa shape index (κ1) is 17.4. The molecule has 0 aromatic heterocycles. The van der Waals surface area contributed by atoms with Gasteiger partial charge in [-0.3, -0.25) is 4.79 Å². The Morgan fingerprint density at radius 3 is 2.33 bits per heavy atom. The zero-order chi connectivity index (χ0) is 13.9. The van der Waals surface area contributed by atoms with E-state index in [1.54, 1.807) is 0 Å². The number of methoxy groups -OCH3 is 1. The summed E-state index contributed by atoms with van der Waals surface area (Å²) in [7, 11) is 1.46. The Bertz CT molecular complexity index is 219. The van der Waals surface area contributed by atoms with Crippen molar-refractivity contribution in [3.8, 4) is 0 Å². The summed E-state index contributed by atoms with van der Waals surface area (Å²) in [4.78, 5) is 11.5. The van der Waals surface area contributed by atoms with Crippen molar-refractivity contribution in [2.24, 2.45) is 0 Å². The number of nitrogens with one attached hydrogen (secondary N) is 1. The number of carbonyl (C=O) groups is 1. The second-order valence-electron chi connectivity index (χ2n) is 5.40. The predicted octanol–water partition coefficient (Wildman–Crippen LogP) is 3.67. The molecule has 3 heteroatoms. The third-order valence-electron chi connectivity index (χ3n) is 3.40. The summed E-state index contributed by atoms with van der Waals surface area (Å²) in [6, 6.07) is 0. The van der Waals surface area contributed by atoms with Gasteiger partial charge in [0.1, 0.15) is 0 Å². The first-order chi connectivity index (χ1) is 8.58. The van der Waals surface area contributed by atoms with E-state index < -0.39 is 0 Å². The minimum absolute atomic E-state index is 0.102. The lowest BCUT2D eigenvalue weighted by Crippen LogP contribution is -2.44. The van der Waals surface area contributed by atoms with Crippen LogP contribution in [0.3, 0.4) is 0 Å². The Kier molecular flexibility index (Phi) is 10.0. The summed E-state index contributed by atoms with van der Waals surface area (Å²) in [6.45, 7) is 7.47. The van der Waals surface area contributed by atoms with Crippen molar-refractivity contribution >= 4 is 5.97 Å². The first-order valence-electron chi connectivity index (χ1n) is 7.39. The van der Waals surface area contributed by atoms with Crippen LogP contribution in [0.1, 0.15) is 72.1 Å². The summed E-state index contributed by atoms with van der Waals surface area (Å²) in [6.07, 6.45) is 8.94. The van der Waals surface area contributed by atoms with E-state index in [9.17, 15) is 4.79 Å². The van der Waals surface area contributed by atoms with Crippen molar-refractivity contribution in [3.63, 3.8) is 0 Å². The maximum atomic E-state index is 11.5. The molecule has 0 fully saturated rings. The van der Waals surface area contributed by atoms with Gasteiger partial charge < -0.3 is 10.1 Å². The first-order valence-corrected chi connectivity index (χ1v) is 7.39. The van der Waals surface area contributed by atoms with Crippen LogP contribution in [0.2, 0.25) is 0 Å². The predicted molar refractivity (Wildman–Crippen MR) is 76.7 cm³/mol. The topological polar surface area (TPSA) is 38.3 Å². The molecule has 1 unspecified atom stereocenters. The average Bonchev–Trinajstić information content (AvgIpc) is 2.36. The van der Waals surface area contributed by atoms with Gasteiger partial charge in [-0.25, -0.2) is 0 Å². The molecule has 0 saturated carbocycles. The van der Waals surface area contributed by atoms with Crippen molar-refractivity contribution in [3.05, 3.63) is 0 Å². The zero-order valence-electron chi connectivity index (χ0n) is 12.7. The fourth-order valence-electron chi connectivity index (χ4n) is 2.18. The Morgan fingerprint density at radius 2 is 1.78 bits per heavy atom. The molecule has 3 nitrogen and oxygen atoms in total. The normalized spacial score (nSPS) is 14.2. The number of hydrogen-bond donors (Lipinski definition) is 1. The van der Waals surface area contributed by atoms with Crippen LogP contribution >= 0.6 is 0 Å². The molecule has 1 atom stereocenters. The number of hydrogen-bond acceptors (Lipinski definition) is 3. The van der Waals surface area contributed by atoms with Gasteiger partial charge in [-0.15, -0.1) is 0 Å². The van der Waals surface area contributed by atoms with Crippen LogP contribution in [0.4, 0.5) is 0 Å². The van der Waals surface area contributed by atoms with Crippen molar-refractivity contribution in [2.75, 3.05) is 13.7 Å². The molecule has 0 radical (unpaired) electrons. The highest BCUT2D eigenvalue weighted by Gasteiger charge is 2.26. The quantitative estimate of drug-likeness (QED) is 0.453.